The molecule has 1 aromatic rings. The van der Waals surface area contributed by atoms with E-state index in [4.69, 9.17) is 4.74 Å². The second-order valence-electron chi connectivity index (χ2n) is 7.02. The predicted molar refractivity (Wildman–Crippen MR) is 82.8 cm³/mol. The van der Waals surface area contributed by atoms with Crippen molar-refractivity contribution in [2.75, 3.05) is 6.61 Å². The monoisotopic (exact) mass is 301 g/mol. The topological polar surface area (TPSA) is 56.9 Å². The van der Waals surface area contributed by atoms with E-state index in [2.05, 4.69) is 54.1 Å². The molecule has 1 aliphatic carbocycles. The Morgan fingerprint density at radius 3 is 2.73 bits per heavy atom. The number of hydrazine groups is 2. The minimum absolute atomic E-state index is 0.0959. The lowest BCUT2D eigenvalue weighted by atomic mass is 9.80. The summed E-state index contributed by atoms with van der Waals surface area (Å²) in [5.41, 5.74) is 8.82. The molecule has 2 N–H and O–H groups in total. The first-order valence-corrected chi connectivity index (χ1v) is 8.12. The van der Waals surface area contributed by atoms with Crippen LogP contribution >= 0.6 is 0 Å². The number of rotatable bonds is 3. The molecule has 2 aliphatic heterocycles. The average Bonchev–Trinajstić information content (AvgIpc) is 3.16. The molecule has 3 unspecified atom stereocenters. The van der Waals surface area contributed by atoms with E-state index < -0.39 is 0 Å². The molecule has 5 nitrogen and oxygen atoms in total. The van der Waals surface area contributed by atoms with Gasteiger partial charge in [0.05, 0.1) is 12.6 Å². The minimum atomic E-state index is -0.147. The number of hydrogen-bond donors (Lipinski definition) is 2. The number of nitrogens with zero attached hydrogens (tertiary/aromatic N) is 1. The Hall–Kier alpha value is -1.27. The van der Waals surface area contributed by atoms with Crippen LogP contribution in [0, 0.1) is 0 Å². The number of benzene rings is 1. The van der Waals surface area contributed by atoms with Crippen LogP contribution in [-0.2, 0) is 16.1 Å². The fraction of sp³-hybridized carbons (Fsp3) is 0.588. The van der Waals surface area contributed by atoms with Crippen molar-refractivity contribution in [2.24, 2.45) is 0 Å². The molecule has 1 aromatic carbocycles. The Morgan fingerprint density at radius 1 is 1.36 bits per heavy atom. The van der Waals surface area contributed by atoms with E-state index in [0.717, 1.165) is 19.6 Å². The Balaban J connectivity index is 1.52. The Labute approximate surface area is 131 Å². The number of ketones is 1. The number of Topliss-reactive ketones (excluding diaryl/α,β-unsaturated/α-hetero) is 1. The zero-order valence-corrected chi connectivity index (χ0v) is 13.1. The van der Waals surface area contributed by atoms with Gasteiger partial charge < -0.3 is 4.74 Å². The van der Waals surface area contributed by atoms with Crippen LogP contribution in [0.5, 0.6) is 0 Å². The van der Waals surface area contributed by atoms with Crippen molar-refractivity contribution in [1.82, 2.24) is 16.0 Å². The third-order valence-corrected chi connectivity index (χ3v) is 5.21. The van der Waals surface area contributed by atoms with E-state index in [1.165, 1.54) is 11.1 Å². The maximum Gasteiger partial charge on any atom is 0.153 e. The highest BCUT2D eigenvalue weighted by Gasteiger charge is 2.62. The standard InChI is InChI=1S/C17H23N3O2/c1-11(2)13-5-3-12(4-6-13)9-20-16-15(18-19-20)14(21)7-8-17(16)10-22-17/h3-6,11,15-16,18-19H,7-10H2,1-2H3. The van der Waals surface area contributed by atoms with Gasteiger partial charge in [0.15, 0.2) is 5.78 Å². The van der Waals surface area contributed by atoms with Crippen molar-refractivity contribution in [3.8, 4) is 0 Å². The first kappa shape index (κ1) is 14.3. The molecule has 2 heterocycles. The van der Waals surface area contributed by atoms with Gasteiger partial charge in [-0.3, -0.25) is 4.79 Å². The molecule has 4 rings (SSSR count). The van der Waals surface area contributed by atoms with E-state index in [0.29, 0.717) is 12.3 Å². The molecular formula is C17H23N3O2. The minimum Gasteiger partial charge on any atom is -0.368 e. The molecule has 0 aromatic heterocycles. The Bertz CT molecular complexity index is 580. The number of nitrogens with one attached hydrogen (secondary N) is 2. The lowest BCUT2D eigenvalue weighted by Crippen LogP contribution is -2.54. The molecule has 0 amide bonds. The van der Waals surface area contributed by atoms with Crippen LogP contribution in [0.15, 0.2) is 24.3 Å². The molecular weight excluding hydrogens is 278 g/mol. The third kappa shape index (κ3) is 2.29. The summed E-state index contributed by atoms with van der Waals surface area (Å²) in [5.74, 6) is 0.834. The number of carbonyl (C=O) groups is 1. The van der Waals surface area contributed by atoms with Crippen molar-refractivity contribution in [3.63, 3.8) is 0 Å². The lowest BCUT2D eigenvalue weighted by molar-refractivity contribution is -0.124. The summed E-state index contributed by atoms with van der Waals surface area (Å²) in [6, 6.07) is 8.68. The number of carbonyl (C=O) groups excluding carboxylic acids is 1. The Kier molecular flexibility index (Phi) is 3.34. The van der Waals surface area contributed by atoms with Gasteiger partial charge in [0.1, 0.15) is 11.6 Å². The largest absolute Gasteiger partial charge is 0.368 e. The van der Waals surface area contributed by atoms with E-state index in [1.54, 1.807) is 0 Å². The zero-order chi connectivity index (χ0) is 15.3. The zero-order valence-electron chi connectivity index (χ0n) is 13.1. The van der Waals surface area contributed by atoms with E-state index >= 15 is 0 Å². The van der Waals surface area contributed by atoms with Gasteiger partial charge in [-0.15, -0.1) is 0 Å². The molecule has 2 saturated heterocycles. The summed E-state index contributed by atoms with van der Waals surface area (Å²) >= 11 is 0. The SMILES string of the molecule is CC(C)c1ccc(CN2NNC3C(=O)CCC4(CO4)C32)cc1. The number of fused-ring (bicyclic) bond motifs is 2. The summed E-state index contributed by atoms with van der Waals surface area (Å²) in [6.07, 6.45) is 1.46. The van der Waals surface area contributed by atoms with Gasteiger partial charge in [0.25, 0.3) is 0 Å². The van der Waals surface area contributed by atoms with Crippen LogP contribution in [0.2, 0.25) is 0 Å². The molecule has 22 heavy (non-hydrogen) atoms. The average molecular weight is 301 g/mol. The van der Waals surface area contributed by atoms with Crippen molar-refractivity contribution in [3.05, 3.63) is 35.4 Å². The molecule has 0 bridgehead atoms. The summed E-state index contributed by atoms with van der Waals surface area (Å²) in [6.45, 7) is 5.94. The molecule has 118 valence electrons. The van der Waals surface area contributed by atoms with Crippen molar-refractivity contribution >= 4 is 5.78 Å². The van der Waals surface area contributed by atoms with Crippen molar-refractivity contribution in [2.45, 2.75) is 56.8 Å². The highest BCUT2D eigenvalue weighted by atomic mass is 16.6. The summed E-state index contributed by atoms with van der Waals surface area (Å²) in [7, 11) is 0. The fourth-order valence-electron chi connectivity index (χ4n) is 3.71. The van der Waals surface area contributed by atoms with Gasteiger partial charge in [0.2, 0.25) is 0 Å². The van der Waals surface area contributed by atoms with E-state index in [1.807, 2.05) is 0 Å². The Morgan fingerprint density at radius 2 is 2.09 bits per heavy atom. The van der Waals surface area contributed by atoms with Crippen LogP contribution in [0.25, 0.3) is 0 Å². The smallest absolute Gasteiger partial charge is 0.153 e. The van der Waals surface area contributed by atoms with Gasteiger partial charge in [-0.05, 0) is 23.5 Å². The molecule has 3 aliphatic rings. The second-order valence-corrected chi connectivity index (χ2v) is 7.02. The quantitative estimate of drug-likeness (QED) is 0.829. The molecule has 0 radical (unpaired) electrons. The van der Waals surface area contributed by atoms with E-state index in [9.17, 15) is 4.79 Å². The maximum absolute atomic E-state index is 12.1. The van der Waals surface area contributed by atoms with Gasteiger partial charge in [-0.1, -0.05) is 38.1 Å². The fourth-order valence-corrected chi connectivity index (χ4v) is 3.71. The van der Waals surface area contributed by atoms with Crippen LogP contribution in [0.1, 0.15) is 43.7 Å². The van der Waals surface area contributed by atoms with Gasteiger partial charge in [-0.25, -0.2) is 10.4 Å². The highest BCUT2D eigenvalue weighted by molar-refractivity contribution is 5.86. The normalized spacial score (nSPS) is 34.4. The van der Waals surface area contributed by atoms with Crippen LogP contribution in [-0.4, -0.2) is 35.1 Å². The number of ether oxygens (including phenoxy) is 1. The van der Waals surface area contributed by atoms with Crippen molar-refractivity contribution in [1.29, 1.82) is 0 Å². The first-order valence-electron chi connectivity index (χ1n) is 8.12. The number of hydrogen-bond acceptors (Lipinski definition) is 5. The van der Waals surface area contributed by atoms with E-state index in [-0.39, 0.29) is 23.5 Å². The van der Waals surface area contributed by atoms with Gasteiger partial charge >= 0.3 is 0 Å². The maximum atomic E-state index is 12.1. The number of epoxide rings is 1. The molecule has 1 saturated carbocycles. The summed E-state index contributed by atoms with van der Waals surface area (Å²) in [5, 5.41) is 2.14. The lowest BCUT2D eigenvalue weighted by Gasteiger charge is -2.33. The van der Waals surface area contributed by atoms with Crippen molar-refractivity contribution < 1.29 is 9.53 Å². The molecule has 1 spiro atoms. The summed E-state index contributed by atoms with van der Waals surface area (Å²) < 4.78 is 5.74. The molecule has 3 fully saturated rings. The molecule has 5 heteroatoms. The van der Waals surface area contributed by atoms with Crippen LogP contribution in [0.3, 0.4) is 0 Å². The highest BCUT2D eigenvalue weighted by Crippen LogP contribution is 2.44. The third-order valence-electron chi connectivity index (χ3n) is 5.21. The molecule has 3 atom stereocenters. The van der Waals surface area contributed by atoms with Crippen LogP contribution < -0.4 is 11.0 Å². The van der Waals surface area contributed by atoms with Gasteiger partial charge in [0, 0.05) is 13.0 Å². The summed E-state index contributed by atoms with van der Waals surface area (Å²) in [4.78, 5) is 12.1. The first-order chi connectivity index (χ1) is 10.6. The van der Waals surface area contributed by atoms with Gasteiger partial charge in [-0.2, -0.15) is 5.53 Å². The second kappa shape index (κ2) is 5.13. The van der Waals surface area contributed by atoms with Crippen LogP contribution in [0.4, 0.5) is 0 Å². The predicted octanol–water partition coefficient (Wildman–Crippen LogP) is 1.50.